The van der Waals surface area contributed by atoms with Crippen molar-refractivity contribution in [2.75, 3.05) is 26.2 Å². The summed E-state index contributed by atoms with van der Waals surface area (Å²) in [6.45, 7) is 12.7. The monoisotopic (exact) mass is 341 g/mol. The summed E-state index contributed by atoms with van der Waals surface area (Å²) in [7, 11) is 0. The molecule has 0 saturated heterocycles. The van der Waals surface area contributed by atoms with Crippen LogP contribution in [0.1, 0.15) is 98.3 Å². The fourth-order valence-corrected chi connectivity index (χ4v) is 3.13. The number of nitrogens with zero attached hydrogens (tertiary/aromatic N) is 1. The molecule has 1 atom stereocenters. The molecule has 0 heterocycles. The minimum Gasteiger partial charge on any atom is -0.466 e. The Morgan fingerprint density at radius 3 is 2.12 bits per heavy atom. The molecule has 0 aliphatic rings. The van der Waals surface area contributed by atoms with Gasteiger partial charge in [-0.2, -0.15) is 0 Å². The highest BCUT2D eigenvalue weighted by Crippen LogP contribution is 2.11. The second-order valence-electron chi connectivity index (χ2n) is 7.23. The molecular formula is C21H43NO2. The lowest BCUT2D eigenvalue weighted by Gasteiger charge is -2.20. The van der Waals surface area contributed by atoms with Gasteiger partial charge in [-0.25, -0.2) is 0 Å². The molecule has 0 radical (unpaired) electrons. The molecule has 0 N–H and O–H groups in total. The van der Waals surface area contributed by atoms with Crippen molar-refractivity contribution >= 4 is 5.97 Å². The van der Waals surface area contributed by atoms with Gasteiger partial charge in [-0.05, 0) is 31.8 Å². The summed E-state index contributed by atoms with van der Waals surface area (Å²) in [6, 6.07) is 0. The molecule has 0 spiro atoms. The Bertz CT molecular complexity index is 281. The normalized spacial score (nSPS) is 12.5. The fraction of sp³-hybridized carbons (Fsp3) is 0.952. The van der Waals surface area contributed by atoms with Crippen LogP contribution in [-0.4, -0.2) is 37.1 Å². The third-order valence-electron chi connectivity index (χ3n) is 4.70. The SMILES string of the molecule is CCCCCCCCCN(CC)CCCOC(=O)CC(C)CCC. The van der Waals surface area contributed by atoms with Crippen molar-refractivity contribution in [3.63, 3.8) is 0 Å². The predicted molar refractivity (Wildman–Crippen MR) is 104 cm³/mol. The van der Waals surface area contributed by atoms with Crippen LogP contribution in [0.4, 0.5) is 0 Å². The average Bonchev–Trinajstić information content (AvgIpc) is 2.56. The lowest BCUT2D eigenvalue weighted by atomic mass is 10.0. The zero-order valence-electron chi connectivity index (χ0n) is 16.9. The highest BCUT2D eigenvalue weighted by molar-refractivity contribution is 5.69. The Kier molecular flexibility index (Phi) is 16.8. The Hall–Kier alpha value is -0.570. The number of unbranched alkanes of at least 4 members (excludes halogenated alkanes) is 6. The number of carbonyl (C=O) groups is 1. The molecule has 0 fully saturated rings. The number of hydrogen-bond donors (Lipinski definition) is 0. The standard InChI is InChI=1S/C21H43NO2/c1-5-8-9-10-11-12-13-16-22(7-3)17-14-18-24-21(23)19-20(4)15-6-2/h20H,5-19H2,1-4H3. The van der Waals surface area contributed by atoms with Crippen molar-refractivity contribution in [2.45, 2.75) is 98.3 Å². The molecule has 1 unspecified atom stereocenters. The van der Waals surface area contributed by atoms with E-state index < -0.39 is 0 Å². The number of rotatable bonds is 17. The summed E-state index contributed by atoms with van der Waals surface area (Å²) in [5, 5.41) is 0. The van der Waals surface area contributed by atoms with Gasteiger partial charge in [0.1, 0.15) is 0 Å². The van der Waals surface area contributed by atoms with Crippen LogP contribution >= 0.6 is 0 Å². The average molecular weight is 342 g/mol. The predicted octanol–water partition coefficient (Wildman–Crippen LogP) is 5.82. The summed E-state index contributed by atoms with van der Waals surface area (Å²) in [5.74, 6) is 0.429. The van der Waals surface area contributed by atoms with Gasteiger partial charge in [-0.3, -0.25) is 4.79 Å². The quantitative estimate of drug-likeness (QED) is 0.247. The molecule has 24 heavy (non-hydrogen) atoms. The Morgan fingerprint density at radius 2 is 1.50 bits per heavy atom. The molecule has 3 heteroatoms. The van der Waals surface area contributed by atoms with E-state index in [0.717, 1.165) is 32.4 Å². The second-order valence-corrected chi connectivity index (χ2v) is 7.23. The van der Waals surface area contributed by atoms with Gasteiger partial charge in [0, 0.05) is 13.0 Å². The lowest BCUT2D eigenvalue weighted by Crippen LogP contribution is -2.27. The van der Waals surface area contributed by atoms with E-state index >= 15 is 0 Å². The Balaban J connectivity index is 3.56. The van der Waals surface area contributed by atoms with E-state index in [9.17, 15) is 4.79 Å². The van der Waals surface area contributed by atoms with Gasteiger partial charge in [-0.1, -0.05) is 79.1 Å². The van der Waals surface area contributed by atoms with Gasteiger partial charge in [0.2, 0.25) is 0 Å². The Morgan fingerprint density at radius 1 is 0.875 bits per heavy atom. The molecule has 0 saturated carbocycles. The molecule has 0 amide bonds. The van der Waals surface area contributed by atoms with Gasteiger partial charge in [0.05, 0.1) is 6.61 Å². The molecule has 0 aromatic rings. The summed E-state index contributed by atoms with van der Waals surface area (Å²) in [4.78, 5) is 14.2. The van der Waals surface area contributed by atoms with Crippen LogP contribution in [0.2, 0.25) is 0 Å². The minimum atomic E-state index is -0.0222. The van der Waals surface area contributed by atoms with E-state index in [0.29, 0.717) is 18.9 Å². The molecule has 3 nitrogen and oxygen atoms in total. The first-order valence-electron chi connectivity index (χ1n) is 10.5. The summed E-state index contributed by atoms with van der Waals surface area (Å²) in [6.07, 6.45) is 13.3. The number of hydrogen-bond acceptors (Lipinski definition) is 3. The van der Waals surface area contributed by atoms with Crippen LogP contribution in [0.3, 0.4) is 0 Å². The van der Waals surface area contributed by atoms with E-state index in [1.807, 2.05) is 0 Å². The summed E-state index contributed by atoms with van der Waals surface area (Å²) >= 11 is 0. The first-order valence-corrected chi connectivity index (χ1v) is 10.5. The van der Waals surface area contributed by atoms with Crippen molar-refractivity contribution in [1.29, 1.82) is 0 Å². The van der Waals surface area contributed by atoms with Crippen LogP contribution in [0, 0.1) is 5.92 Å². The minimum absolute atomic E-state index is 0.0222. The first kappa shape index (κ1) is 23.4. The van der Waals surface area contributed by atoms with E-state index in [2.05, 4.69) is 32.6 Å². The maximum absolute atomic E-state index is 11.7. The van der Waals surface area contributed by atoms with Crippen LogP contribution in [0.25, 0.3) is 0 Å². The third-order valence-corrected chi connectivity index (χ3v) is 4.70. The largest absolute Gasteiger partial charge is 0.466 e. The fourth-order valence-electron chi connectivity index (χ4n) is 3.13. The van der Waals surface area contributed by atoms with Crippen LogP contribution in [-0.2, 0) is 9.53 Å². The third kappa shape index (κ3) is 15.0. The maximum Gasteiger partial charge on any atom is 0.306 e. The molecule has 0 aromatic carbocycles. The molecular weight excluding hydrogens is 298 g/mol. The van der Waals surface area contributed by atoms with Crippen LogP contribution < -0.4 is 0 Å². The molecule has 0 aromatic heterocycles. The molecule has 144 valence electrons. The number of esters is 1. The lowest BCUT2D eigenvalue weighted by molar-refractivity contribution is -0.144. The zero-order valence-corrected chi connectivity index (χ0v) is 16.9. The highest BCUT2D eigenvalue weighted by atomic mass is 16.5. The van der Waals surface area contributed by atoms with Crippen LogP contribution in [0.5, 0.6) is 0 Å². The van der Waals surface area contributed by atoms with Crippen molar-refractivity contribution < 1.29 is 9.53 Å². The van der Waals surface area contributed by atoms with Crippen molar-refractivity contribution in [1.82, 2.24) is 4.90 Å². The molecule has 0 bridgehead atoms. The van der Waals surface area contributed by atoms with Gasteiger partial charge in [-0.15, -0.1) is 0 Å². The number of carbonyl (C=O) groups excluding carboxylic acids is 1. The number of ether oxygens (including phenoxy) is 1. The van der Waals surface area contributed by atoms with Crippen LogP contribution in [0.15, 0.2) is 0 Å². The van der Waals surface area contributed by atoms with Gasteiger partial charge < -0.3 is 9.64 Å². The van der Waals surface area contributed by atoms with Gasteiger partial charge in [0.15, 0.2) is 0 Å². The topological polar surface area (TPSA) is 29.5 Å². The van der Waals surface area contributed by atoms with Crippen molar-refractivity contribution in [3.05, 3.63) is 0 Å². The maximum atomic E-state index is 11.7. The first-order chi connectivity index (χ1) is 11.6. The van der Waals surface area contributed by atoms with E-state index in [4.69, 9.17) is 4.74 Å². The smallest absolute Gasteiger partial charge is 0.306 e. The van der Waals surface area contributed by atoms with Gasteiger partial charge in [0.25, 0.3) is 0 Å². The molecule has 0 aliphatic carbocycles. The zero-order chi connectivity index (χ0) is 18.0. The van der Waals surface area contributed by atoms with Gasteiger partial charge >= 0.3 is 5.97 Å². The second kappa shape index (κ2) is 17.3. The molecule has 0 aliphatic heterocycles. The van der Waals surface area contributed by atoms with E-state index in [1.54, 1.807) is 0 Å². The summed E-state index contributed by atoms with van der Waals surface area (Å²) in [5.41, 5.74) is 0. The van der Waals surface area contributed by atoms with E-state index in [1.165, 1.54) is 51.5 Å². The van der Waals surface area contributed by atoms with E-state index in [-0.39, 0.29) is 5.97 Å². The summed E-state index contributed by atoms with van der Waals surface area (Å²) < 4.78 is 5.37. The van der Waals surface area contributed by atoms with Crippen molar-refractivity contribution in [3.8, 4) is 0 Å². The van der Waals surface area contributed by atoms with Crippen molar-refractivity contribution in [2.24, 2.45) is 5.92 Å². The molecule has 0 rings (SSSR count). The highest BCUT2D eigenvalue weighted by Gasteiger charge is 2.09. The Labute approximate surface area is 151 Å².